The fourth-order valence-electron chi connectivity index (χ4n) is 13.2. The second kappa shape index (κ2) is 24.5. The highest BCUT2D eigenvalue weighted by molar-refractivity contribution is 6.08. The molecule has 0 saturated heterocycles. The van der Waals surface area contributed by atoms with Crippen LogP contribution in [-0.2, 0) is 0 Å². The molecular weight excluding hydrogens is 1200 g/mol. The highest BCUT2D eigenvalue weighted by atomic mass is 14.8. The van der Waals surface area contributed by atoms with Gasteiger partial charge in [0, 0.05) is 90.1 Å². The SMILES string of the molecule is c1ccc(-c2ccc3ccc(-c4ccc5nc(-c6ccc(-c7ccnc8c7ccc7cccnc78)cc6)ccc5c4)cc3n2)nc1.c1ccc(-c2ccc3ccc4ccc(-c5ccc(-c6ccc7cc(-c8ccc9ccc(-c%10ccccn%10)nc9c8)ccc7n6)cc5)nc4c3n2)cc1. The lowest BCUT2D eigenvalue weighted by Crippen LogP contribution is -1.91. The second-order valence-corrected chi connectivity index (χ2v) is 24.4. The molecule has 0 spiro atoms. The Bertz CT molecular complexity index is 6290. The normalized spacial score (nSPS) is 11.5. The molecule has 9 aromatic carbocycles. The largest absolute Gasteiger partial charge is 0.255 e. The van der Waals surface area contributed by atoms with Crippen LogP contribution in [0.4, 0.5) is 0 Å². The Labute approximate surface area is 563 Å². The van der Waals surface area contributed by atoms with Gasteiger partial charge in [0.05, 0.1) is 89.7 Å². The molecule has 0 saturated carbocycles. The van der Waals surface area contributed by atoms with Crippen molar-refractivity contribution in [2.75, 3.05) is 0 Å². The average molecular weight is 1250 g/mol. The Balaban J connectivity index is 0.000000143. The fourth-order valence-corrected chi connectivity index (χ4v) is 13.2. The summed E-state index contributed by atoms with van der Waals surface area (Å²) in [6, 6.07) is 105. The molecule has 0 amide bonds. The van der Waals surface area contributed by atoms with Gasteiger partial charge in [-0.1, -0.05) is 194 Å². The molecular formula is C88H54N10. The zero-order chi connectivity index (χ0) is 64.9. The van der Waals surface area contributed by atoms with Gasteiger partial charge in [0.15, 0.2) is 0 Å². The highest BCUT2D eigenvalue weighted by Gasteiger charge is 2.15. The number of benzene rings is 9. The molecule has 98 heavy (non-hydrogen) atoms. The maximum absolute atomic E-state index is 5.13. The summed E-state index contributed by atoms with van der Waals surface area (Å²) in [6.45, 7) is 0. The highest BCUT2D eigenvalue weighted by Crippen LogP contribution is 2.37. The number of aromatic nitrogens is 10. The van der Waals surface area contributed by atoms with Gasteiger partial charge in [-0.25, -0.2) is 29.9 Å². The molecule has 10 heteroatoms. The number of rotatable bonds is 9. The van der Waals surface area contributed by atoms with Gasteiger partial charge >= 0.3 is 0 Å². The smallest absolute Gasteiger partial charge is 0.0972 e. The minimum atomic E-state index is 0.866. The van der Waals surface area contributed by atoms with E-state index in [4.69, 9.17) is 29.9 Å². The first-order chi connectivity index (χ1) is 48.5. The summed E-state index contributed by atoms with van der Waals surface area (Å²) in [7, 11) is 0. The van der Waals surface area contributed by atoms with E-state index in [2.05, 4.69) is 250 Å². The maximum Gasteiger partial charge on any atom is 0.0972 e. The van der Waals surface area contributed by atoms with E-state index < -0.39 is 0 Å². The lowest BCUT2D eigenvalue weighted by molar-refractivity contribution is 1.28. The zero-order valence-corrected chi connectivity index (χ0v) is 52.6. The van der Waals surface area contributed by atoms with E-state index in [1.165, 1.54) is 0 Å². The Morgan fingerprint density at radius 3 is 1.07 bits per heavy atom. The second-order valence-electron chi connectivity index (χ2n) is 24.4. The quantitative estimate of drug-likeness (QED) is 0.129. The predicted molar refractivity (Wildman–Crippen MR) is 400 cm³/mol. The number of pyridine rings is 10. The number of hydrogen-bond donors (Lipinski definition) is 0. The minimum Gasteiger partial charge on any atom is -0.255 e. The molecule has 10 nitrogen and oxygen atoms in total. The molecule has 0 atom stereocenters. The van der Waals surface area contributed by atoms with Gasteiger partial charge in [0.2, 0.25) is 0 Å². The molecule has 0 aliphatic carbocycles. The molecule has 10 heterocycles. The summed E-state index contributed by atoms with van der Waals surface area (Å²) >= 11 is 0. The monoisotopic (exact) mass is 1250 g/mol. The molecule has 456 valence electrons. The van der Waals surface area contributed by atoms with Crippen LogP contribution in [0.5, 0.6) is 0 Å². The van der Waals surface area contributed by atoms with E-state index >= 15 is 0 Å². The molecule has 0 fully saturated rings. The van der Waals surface area contributed by atoms with Crippen molar-refractivity contribution in [3.63, 3.8) is 0 Å². The lowest BCUT2D eigenvalue weighted by atomic mass is 9.98. The average Bonchev–Trinajstić information content (AvgIpc) is 0.796. The third-order valence-corrected chi connectivity index (χ3v) is 18.3. The first-order valence-electron chi connectivity index (χ1n) is 32.6. The van der Waals surface area contributed by atoms with E-state index in [1.807, 2.05) is 85.2 Å². The van der Waals surface area contributed by atoms with Crippen LogP contribution in [0.3, 0.4) is 0 Å². The molecule has 19 aromatic rings. The molecule has 0 unspecified atom stereocenters. The summed E-state index contributed by atoms with van der Waals surface area (Å²) in [5, 5.41) is 8.71. The van der Waals surface area contributed by atoms with Crippen LogP contribution in [0.15, 0.2) is 328 Å². The van der Waals surface area contributed by atoms with Crippen LogP contribution < -0.4 is 0 Å². The lowest BCUT2D eigenvalue weighted by Gasteiger charge is -2.10. The first kappa shape index (κ1) is 57.2. The standard InChI is InChI=1S/C47H29N5.C41H25N5/c1-2-6-30(7-3-1)40-22-18-34-14-15-35-19-23-41(52-47(35)46(34)51-40)32-11-9-31(10-12-32)39-25-21-38-28-36(20-24-42(38)49-39)37-16-13-33-17-26-44(50-45(33)29-37)43-8-4-5-27-48-43;1-2-21-42-37(5-1)38-19-13-28-10-11-31(25-39(28)46-38)30-14-17-36-32(24-30)15-18-35(45-36)27-8-6-26(7-9-27)33-20-23-44-41-34(33)16-12-29-4-3-22-43-40(29)41/h1-29H;1-25H. The molecule has 0 radical (unpaired) electrons. The third-order valence-electron chi connectivity index (χ3n) is 18.3. The Kier molecular flexibility index (Phi) is 14.3. The Morgan fingerprint density at radius 1 is 0.163 bits per heavy atom. The van der Waals surface area contributed by atoms with Gasteiger partial charge in [-0.05, 0) is 143 Å². The van der Waals surface area contributed by atoms with E-state index in [1.54, 1.807) is 12.4 Å². The topological polar surface area (TPSA) is 129 Å². The van der Waals surface area contributed by atoms with Gasteiger partial charge in [0.25, 0.3) is 0 Å². The van der Waals surface area contributed by atoms with Gasteiger partial charge < -0.3 is 0 Å². The van der Waals surface area contributed by atoms with E-state index in [0.29, 0.717) is 0 Å². The summed E-state index contributed by atoms with van der Waals surface area (Å²) in [6.07, 6.45) is 7.28. The molecule has 0 bridgehead atoms. The van der Waals surface area contributed by atoms with Gasteiger partial charge in [-0.3, -0.25) is 19.9 Å². The van der Waals surface area contributed by atoms with Crippen LogP contribution in [0.25, 0.3) is 188 Å². The van der Waals surface area contributed by atoms with Crippen molar-refractivity contribution in [1.82, 2.24) is 49.8 Å². The third kappa shape index (κ3) is 11.0. The maximum atomic E-state index is 5.13. The fraction of sp³-hybridized carbons (Fsp3) is 0. The number of hydrogen-bond acceptors (Lipinski definition) is 10. The van der Waals surface area contributed by atoms with Crippen LogP contribution in [0.2, 0.25) is 0 Å². The Morgan fingerprint density at radius 2 is 0.541 bits per heavy atom. The van der Waals surface area contributed by atoms with Gasteiger partial charge in [0.1, 0.15) is 0 Å². The van der Waals surface area contributed by atoms with Gasteiger partial charge in [-0.2, -0.15) is 0 Å². The number of nitrogens with zero attached hydrogens (tertiary/aromatic N) is 10. The van der Waals surface area contributed by atoms with Crippen molar-refractivity contribution in [1.29, 1.82) is 0 Å². The summed E-state index contributed by atoms with van der Waals surface area (Å²) in [5.74, 6) is 0. The van der Waals surface area contributed by atoms with Gasteiger partial charge in [-0.15, -0.1) is 0 Å². The van der Waals surface area contributed by atoms with Crippen LogP contribution in [0.1, 0.15) is 0 Å². The van der Waals surface area contributed by atoms with E-state index in [-0.39, 0.29) is 0 Å². The van der Waals surface area contributed by atoms with Crippen molar-refractivity contribution < 1.29 is 0 Å². The molecule has 19 rings (SSSR count). The molecule has 0 N–H and O–H groups in total. The Hall–Kier alpha value is -13.4. The van der Waals surface area contributed by atoms with Crippen molar-refractivity contribution in [2.45, 2.75) is 0 Å². The predicted octanol–water partition coefficient (Wildman–Crippen LogP) is 21.6. The van der Waals surface area contributed by atoms with Crippen molar-refractivity contribution in [3.05, 3.63) is 328 Å². The van der Waals surface area contributed by atoms with Crippen LogP contribution in [-0.4, -0.2) is 49.8 Å². The number of fused-ring (bicyclic) bond motifs is 10. The summed E-state index contributed by atoms with van der Waals surface area (Å²) in [4.78, 5) is 48.3. The molecule has 10 aromatic heterocycles. The first-order valence-corrected chi connectivity index (χ1v) is 32.6. The van der Waals surface area contributed by atoms with Crippen molar-refractivity contribution in [3.8, 4) is 101 Å². The van der Waals surface area contributed by atoms with Crippen LogP contribution >= 0.6 is 0 Å². The van der Waals surface area contributed by atoms with Crippen molar-refractivity contribution in [2.24, 2.45) is 0 Å². The summed E-state index contributed by atoms with van der Waals surface area (Å²) in [5.41, 5.74) is 25.7. The molecule has 0 aliphatic rings. The van der Waals surface area contributed by atoms with E-state index in [0.717, 1.165) is 188 Å². The van der Waals surface area contributed by atoms with E-state index in [9.17, 15) is 0 Å². The summed E-state index contributed by atoms with van der Waals surface area (Å²) < 4.78 is 0. The van der Waals surface area contributed by atoms with Crippen LogP contribution in [0, 0.1) is 0 Å². The minimum absolute atomic E-state index is 0.866. The molecule has 0 aliphatic heterocycles. The van der Waals surface area contributed by atoms with Crippen molar-refractivity contribution >= 4 is 87.2 Å². The zero-order valence-electron chi connectivity index (χ0n) is 52.6.